The van der Waals surface area contributed by atoms with Gasteiger partial charge >= 0.3 is 12.0 Å². The van der Waals surface area contributed by atoms with Gasteiger partial charge in [0.05, 0.1) is 13.2 Å². The van der Waals surface area contributed by atoms with Crippen molar-refractivity contribution in [2.24, 2.45) is 0 Å². The number of hydrogen-bond acceptors (Lipinski definition) is 5. The summed E-state index contributed by atoms with van der Waals surface area (Å²) in [6.07, 6.45) is 2.69. The maximum absolute atomic E-state index is 12.9. The summed E-state index contributed by atoms with van der Waals surface area (Å²) >= 11 is 3.40. The predicted octanol–water partition coefficient (Wildman–Crippen LogP) is 5.60. The van der Waals surface area contributed by atoms with Gasteiger partial charge in [-0.25, -0.2) is 9.59 Å². The Hall–Kier alpha value is -2.62. The zero-order chi connectivity index (χ0) is 26.2. The van der Waals surface area contributed by atoms with Crippen molar-refractivity contribution < 1.29 is 28.9 Å². The fourth-order valence-corrected chi connectivity index (χ4v) is 3.67. The van der Waals surface area contributed by atoms with Crippen LogP contribution in [-0.2, 0) is 20.7 Å². The Morgan fingerprint density at radius 3 is 2.31 bits per heavy atom. The second-order valence-corrected chi connectivity index (χ2v) is 9.14. The number of anilines is 1. The van der Waals surface area contributed by atoms with Crippen molar-refractivity contribution in [1.29, 1.82) is 0 Å². The summed E-state index contributed by atoms with van der Waals surface area (Å²) in [4.78, 5) is 25.9. The molecule has 2 N–H and O–H groups in total. The predicted molar refractivity (Wildman–Crippen MR) is 144 cm³/mol. The molecule has 0 aliphatic rings. The van der Waals surface area contributed by atoms with Crippen LogP contribution in [0.1, 0.15) is 38.7 Å². The van der Waals surface area contributed by atoms with E-state index in [0.29, 0.717) is 51.0 Å². The molecule has 8 nitrogen and oxygen atoms in total. The van der Waals surface area contributed by atoms with E-state index in [-0.39, 0.29) is 12.5 Å². The average Bonchev–Trinajstić information content (AvgIpc) is 2.87. The molecule has 0 radical (unpaired) electrons. The van der Waals surface area contributed by atoms with Crippen LogP contribution in [0.2, 0.25) is 0 Å². The van der Waals surface area contributed by atoms with E-state index < -0.39 is 12.1 Å². The largest absolute Gasteiger partial charge is 0.492 e. The fourth-order valence-electron chi connectivity index (χ4n) is 3.41. The van der Waals surface area contributed by atoms with Crippen LogP contribution >= 0.6 is 15.9 Å². The van der Waals surface area contributed by atoms with Gasteiger partial charge in [-0.2, -0.15) is 0 Å². The van der Waals surface area contributed by atoms with E-state index in [2.05, 4.69) is 28.2 Å². The highest BCUT2D eigenvalue weighted by atomic mass is 79.9. The molecule has 2 amide bonds. The number of amides is 2. The van der Waals surface area contributed by atoms with Gasteiger partial charge in [0.1, 0.15) is 12.4 Å². The van der Waals surface area contributed by atoms with Crippen LogP contribution in [0, 0.1) is 0 Å². The van der Waals surface area contributed by atoms with Crippen molar-refractivity contribution in [1.82, 2.24) is 4.90 Å². The van der Waals surface area contributed by atoms with Crippen LogP contribution in [0.4, 0.5) is 10.5 Å². The molecule has 0 fully saturated rings. The molecular formula is C27H37BrN2O6. The minimum atomic E-state index is -0.979. The van der Waals surface area contributed by atoms with Crippen LogP contribution in [0.5, 0.6) is 5.75 Å². The van der Waals surface area contributed by atoms with Gasteiger partial charge in [-0.05, 0) is 55.3 Å². The average molecular weight is 566 g/mol. The second kappa shape index (κ2) is 16.9. The lowest BCUT2D eigenvalue weighted by Crippen LogP contribution is -2.40. The molecule has 0 spiro atoms. The van der Waals surface area contributed by atoms with Crippen LogP contribution in [0.25, 0.3) is 0 Å². The first-order valence-electron chi connectivity index (χ1n) is 12.4. The van der Waals surface area contributed by atoms with Gasteiger partial charge in [0.25, 0.3) is 0 Å². The summed E-state index contributed by atoms with van der Waals surface area (Å²) in [5.74, 6) is -0.334. The molecule has 1 unspecified atom stereocenters. The van der Waals surface area contributed by atoms with Crippen molar-refractivity contribution in [2.75, 3.05) is 44.8 Å². The van der Waals surface area contributed by atoms with Crippen LogP contribution in [-0.4, -0.2) is 67.6 Å². The number of ether oxygens (including phenoxy) is 3. The molecule has 0 aliphatic heterocycles. The maximum Gasteiger partial charge on any atom is 0.333 e. The zero-order valence-electron chi connectivity index (χ0n) is 21.1. The monoisotopic (exact) mass is 564 g/mol. The lowest BCUT2D eigenvalue weighted by Gasteiger charge is -2.23. The van der Waals surface area contributed by atoms with Gasteiger partial charge in [-0.15, -0.1) is 0 Å². The van der Waals surface area contributed by atoms with E-state index in [1.807, 2.05) is 36.4 Å². The first-order valence-corrected chi connectivity index (χ1v) is 13.2. The number of unbranched alkanes of at least 4 members (excludes halogenated alkanes) is 2. The normalized spacial score (nSPS) is 11.6. The third-order valence-corrected chi connectivity index (χ3v) is 5.93. The number of rotatable bonds is 17. The molecule has 198 valence electrons. The fraction of sp³-hybridized carbons (Fsp3) is 0.481. The number of nitrogens with one attached hydrogen (secondary N) is 1. The van der Waals surface area contributed by atoms with Crippen molar-refractivity contribution in [2.45, 2.75) is 45.6 Å². The Balaban J connectivity index is 1.88. The summed E-state index contributed by atoms with van der Waals surface area (Å²) in [7, 11) is 0. The van der Waals surface area contributed by atoms with E-state index >= 15 is 0 Å². The van der Waals surface area contributed by atoms with E-state index in [1.165, 1.54) is 0 Å². The third kappa shape index (κ3) is 11.4. The Kier molecular flexibility index (Phi) is 13.9. The van der Waals surface area contributed by atoms with Crippen LogP contribution < -0.4 is 10.1 Å². The number of carbonyl (C=O) groups excluding carboxylic acids is 1. The van der Waals surface area contributed by atoms with E-state index in [4.69, 9.17) is 14.2 Å². The molecule has 2 aromatic carbocycles. The molecule has 0 saturated carbocycles. The summed E-state index contributed by atoms with van der Waals surface area (Å²) in [5, 5.41) is 12.2. The maximum atomic E-state index is 12.9. The number of benzene rings is 2. The highest BCUT2D eigenvalue weighted by Crippen LogP contribution is 2.16. The highest BCUT2D eigenvalue weighted by molar-refractivity contribution is 9.10. The molecular weight excluding hydrogens is 528 g/mol. The Bertz CT molecular complexity index is 907. The van der Waals surface area contributed by atoms with Crippen LogP contribution in [0.3, 0.4) is 0 Å². The summed E-state index contributed by atoms with van der Waals surface area (Å²) in [6, 6.07) is 14.4. The van der Waals surface area contributed by atoms with E-state index in [1.54, 1.807) is 24.0 Å². The van der Waals surface area contributed by atoms with E-state index in [0.717, 1.165) is 29.3 Å². The standard InChI is InChI=1S/C27H37BrN2O6/c1-3-5-6-17-34-18-15-30(27(33)29-23-11-9-22(28)10-12-23)16-19-36-24-13-7-21(8-14-24)20-25(26(31)32)35-4-2/h7-14,25H,3-6,15-20H2,1-2H3,(H,29,33)(H,31,32). The Labute approximate surface area is 222 Å². The smallest absolute Gasteiger partial charge is 0.333 e. The lowest BCUT2D eigenvalue weighted by molar-refractivity contribution is -0.149. The molecule has 0 bridgehead atoms. The number of halogens is 1. The lowest BCUT2D eigenvalue weighted by atomic mass is 10.1. The second-order valence-electron chi connectivity index (χ2n) is 8.22. The van der Waals surface area contributed by atoms with Gasteiger partial charge in [-0.3, -0.25) is 0 Å². The number of hydrogen-bond donors (Lipinski definition) is 2. The summed E-state index contributed by atoms with van der Waals surface area (Å²) in [5.41, 5.74) is 1.55. The highest BCUT2D eigenvalue weighted by Gasteiger charge is 2.18. The van der Waals surface area contributed by atoms with Crippen molar-refractivity contribution in [3.05, 3.63) is 58.6 Å². The molecule has 0 aromatic heterocycles. The van der Waals surface area contributed by atoms with Gasteiger partial charge < -0.3 is 29.5 Å². The first kappa shape index (κ1) is 29.6. The summed E-state index contributed by atoms with van der Waals surface area (Å²) in [6.45, 7) is 6.54. The number of nitrogens with zero attached hydrogens (tertiary/aromatic N) is 1. The number of carboxylic acids is 1. The molecule has 0 heterocycles. The minimum Gasteiger partial charge on any atom is -0.492 e. The quantitative estimate of drug-likeness (QED) is 0.243. The number of carbonyl (C=O) groups is 2. The van der Waals surface area contributed by atoms with Crippen LogP contribution in [0.15, 0.2) is 53.0 Å². The van der Waals surface area contributed by atoms with E-state index in [9.17, 15) is 14.7 Å². The van der Waals surface area contributed by atoms with Gasteiger partial charge in [0.15, 0.2) is 6.10 Å². The molecule has 2 rings (SSSR count). The van der Waals surface area contributed by atoms with Gasteiger partial charge in [-0.1, -0.05) is 47.8 Å². The Morgan fingerprint density at radius 1 is 0.972 bits per heavy atom. The SMILES string of the molecule is CCCCCOCCN(CCOc1ccc(CC(OCC)C(=O)O)cc1)C(=O)Nc1ccc(Br)cc1. The third-order valence-electron chi connectivity index (χ3n) is 5.40. The molecule has 9 heteroatoms. The molecule has 1 atom stereocenters. The number of urea groups is 1. The first-order chi connectivity index (χ1) is 17.4. The van der Waals surface area contributed by atoms with Crippen molar-refractivity contribution >= 4 is 33.6 Å². The number of aliphatic carboxylic acids is 1. The molecule has 0 saturated heterocycles. The zero-order valence-corrected chi connectivity index (χ0v) is 22.7. The topological polar surface area (TPSA) is 97.3 Å². The Morgan fingerprint density at radius 2 is 1.67 bits per heavy atom. The summed E-state index contributed by atoms with van der Waals surface area (Å²) < 4.78 is 17.8. The molecule has 0 aliphatic carbocycles. The van der Waals surface area contributed by atoms with Gasteiger partial charge in [0.2, 0.25) is 0 Å². The number of carboxylic acid groups (broad SMARTS) is 1. The van der Waals surface area contributed by atoms with Crippen molar-refractivity contribution in [3.8, 4) is 5.75 Å². The molecule has 36 heavy (non-hydrogen) atoms. The van der Waals surface area contributed by atoms with Crippen molar-refractivity contribution in [3.63, 3.8) is 0 Å². The minimum absolute atomic E-state index is 0.218. The van der Waals surface area contributed by atoms with Gasteiger partial charge in [0, 0.05) is 36.3 Å². The molecule has 2 aromatic rings.